The van der Waals surface area contributed by atoms with Crippen LogP contribution in [0.2, 0.25) is 10.0 Å². The Bertz CT molecular complexity index is 612. The summed E-state index contributed by atoms with van der Waals surface area (Å²) in [5.74, 6) is -0.352. The Morgan fingerprint density at radius 1 is 1.15 bits per heavy atom. The molecule has 0 atom stereocenters. The summed E-state index contributed by atoms with van der Waals surface area (Å²) in [6.45, 7) is 0.553. The second-order valence-electron chi connectivity index (χ2n) is 4.16. The molecule has 0 fully saturated rings. The zero-order valence-electron chi connectivity index (χ0n) is 10.8. The van der Waals surface area contributed by atoms with Gasteiger partial charge in [-0.25, -0.2) is 4.79 Å². The first kappa shape index (κ1) is 14.7. The molecule has 2 aromatic rings. The van der Waals surface area contributed by atoms with E-state index in [1.54, 1.807) is 24.3 Å². The van der Waals surface area contributed by atoms with Crippen LogP contribution in [0.15, 0.2) is 42.5 Å². The molecular weight excluding hydrogens is 297 g/mol. The van der Waals surface area contributed by atoms with Gasteiger partial charge in [-0.1, -0.05) is 23.2 Å². The molecule has 0 amide bonds. The smallest absolute Gasteiger partial charge is 0.337 e. The molecule has 0 aliphatic heterocycles. The molecule has 104 valence electrons. The summed E-state index contributed by atoms with van der Waals surface area (Å²) < 4.78 is 4.64. The molecule has 0 saturated carbocycles. The lowest BCUT2D eigenvalue weighted by atomic mass is 10.2. The number of methoxy groups -OCH3 is 1. The number of nitrogens with one attached hydrogen (secondary N) is 1. The van der Waals surface area contributed by atoms with Crippen molar-refractivity contribution in [2.24, 2.45) is 0 Å². The van der Waals surface area contributed by atoms with Crippen LogP contribution < -0.4 is 5.32 Å². The van der Waals surface area contributed by atoms with E-state index < -0.39 is 0 Å². The fourth-order valence-corrected chi connectivity index (χ4v) is 2.10. The van der Waals surface area contributed by atoms with Crippen LogP contribution in [0, 0.1) is 0 Å². The minimum absolute atomic E-state index is 0.352. The van der Waals surface area contributed by atoms with Gasteiger partial charge in [0.15, 0.2) is 0 Å². The number of hydrogen-bond acceptors (Lipinski definition) is 3. The number of carbonyl (C=O) groups is 1. The highest BCUT2D eigenvalue weighted by atomic mass is 35.5. The van der Waals surface area contributed by atoms with Gasteiger partial charge in [0, 0.05) is 22.3 Å². The molecule has 2 rings (SSSR count). The van der Waals surface area contributed by atoms with Gasteiger partial charge in [0.05, 0.1) is 12.7 Å². The topological polar surface area (TPSA) is 38.3 Å². The highest BCUT2D eigenvalue weighted by Crippen LogP contribution is 2.22. The van der Waals surface area contributed by atoms with Crippen molar-refractivity contribution < 1.29 is 9.53 Å². The molecule has 1 N–H and O–H groups in total. The van der Waals surface area contributed by atoms with E-state index >= 15 is 0 Å². The van der Waals surface area contributed by atoms with Gasteiger partial charge in [0.1, 0.15) is 0 Å². The monoisotopic (exact) mass is 309 g/mol. The highest BCUT2D eigenvalue weighted by molar-refractivity contribution is 6.33. The molecule has 20 heavy (non-hydrogen) atoms. The van der Waals surface area contributed by atoms with E-state index in [1.807, 2.05) is 18.2 Å². The first-order chi connectivity index (χ1) is 9.60. The molecule has 0 aromatic heterocycles. The first-order valence-electron chi connectivity index (χ1n) is 5.96. The number of ether oxygens (including phenoxy) is 1. The van der Waals surface area contributed by atoms with Crippen molar-refractivity contribution in [2.45, 2.75) is 6.54 Å². The number of halogens is 2. The lowest BCUT2D eigenvalue weighted by molar-refractivity contribution is 0.0601. The van der Waals surface area contributed by atoms with Crippen LogP contribution in [0.5, 0.6) is 0 Å². The number of esters is 1. The zero-order chi connectivity index (χ0) is 14.5. The van der Waals surface area contributed by atoms with Gasteiger partial charge in [-0.2, -0.15) is 0 Å². The molecular formula is C15H13Cl2NO2. The summed E-state index contributed by atoms with van der Waals surface area (Å²) in [4.78, 5) is 11.3. The molecule has 5 heteroatoms. The van der Waals surface area contributed by atoms with Crippen molar-refractivity contribution in [1.29, 1.82) is 0 Å². The van der Waals surface area contributed by atoms with Crippen molar-refractivity contribution in [1.82, 2.24) is 0 Å². The second kappa shape index (κ2) is 6.64. The average Bonchev–Trinajstić information content (AvgIpc) is 2.48. The molecule has 0 heterocycles. The van der Waals surface area contributed by atoms with Crippen molar-refractivity contribution in [3.8, 4) is 0 Å². The van der Waals surface area contributed by atoms with E-state index in [9.17, 15) is 4.79 Å². The van der Waals surface area contributed by atoms with Gasteiger partial charge in [-0.05, 0) is 48.0 Å². The second-order valence-corrected chi connectivity index (χ2v) is 5.00. The molecule has 0 saturated heterocycles. The van der Waals surface area contributed by atoms with Crippen molar-refractivity contribution in [2.75, 3.05) is 12.4 Å². The Morgan fingerprint density at radius 2 is 1.85 bits per heavy atom. The minimum Gasteiger partial charge on any atom is -0.465 e. The molecule has 0 radical (unpaired) electrons. The molecule has 0 aliphatic rings. The number of rotatable bonds is 4. The lowest BCUT2D eigenvalue weighted by Gasteiger charge is -2.09. The van der Waals surface area contributed by atoms with E-state index in [1.165, 1.54) is 7.11 Å². The first-order valence-corrected chi connectivity index (χ1v) is 6.72. The molecule has 0 aliphatic carbocycles. The van der Waals surface area contributed by atoms with Crippen LogP contribution in [-0.4, -0.2) is 13.1 Å². The third kappa shape index (κ3) is 3.65. The fourth-order valence-electron chi connectivity index (χ4n) is 1.72. The number of benzene rings is 2. The van der Waals surface area contributed by atoms with E-state index in [-0.39, 0.29) is 5.97 Å². The summed E-state index contributed by atoms with van der Waals surface area (Å²) in [5.41, 5.74) is 2.31. The van der Waals surface area contributed by atoms with Crippen LogP contribution >= 0.6 is 23.2 Å². The summed E-state index contributed by atoms with van der Waals surface area (Å²) in [6.07, 6.45) is 0. The Balaban J connectivity index is 2.04. The van der Waals surface area contributed by atoms with Crippen LogP contribution in [0.3, 0.4) is 0 Å². The van der Waals surface area contributed by atoms with Crippen LogP contribution in [0.25, 0.3) is 0 Å². The maximum atomic E-state index is 11.3. The van der Waals surface area contributed by atoms with Gasteiger partial charge in [0.25, 0.3) is 0 Å². The Labute approximate surface area is 127 Å². The van der Waals surface area contributed by atoms with Gasteiger partial charge >= 0.3 is 5.97 Å². The molecule has 2 aromatic carbocycles. The zero-order valence-corrected chi connectivity index (χ0v) is 12.3. The average molecular weight is 310 g/mol. The maximum Gasteiger partial charge on any atom is 0.337 e. The molecule has 0 unspecified atom stereocenters. The standard InChI is InChI=1S/C15H13Cl2NO2/c1-20-15(19)10-2-5-13(6-3-10)18-9-11-8-12(16)4-7-14(11)17/h2-8,18H,9H2,1H3. The molecule has 3 nitrogen and oxygen atoms in total. The van der Waals surface area contributed by atoms with Crippen molar-refractivity contribution >= 4 is 34.9 Å². The van der Waals surface area contributed by atoms with Crippen LogP contribution in [0.4, 0.5) is 5.69 Å². The normalized spacial score (nSPS) is 10.2. The summed E-state index contributed by atoms with van der Waals surface area (Å²) in [5, 5.41) is 4.52. The lowest BCUT2D eigenvalue weighted by Crippen LogP contribution is -2.03. The Hall–Kier alpha value is -1.71. The SMILES string of the molecule is COC(=O)c1ccc(NCc2cc(Cl)ccc2Cl)cc1. The third-order valence-electron chi connectivity index (χ3n) is 2.80. The fraction of sp³-hybridized carbons (Fsp3) is 0.133. The predicted octanol–water partition coefficient (Wildman–Crippen LogP) is 4.39. The minimum atomic E-state index is -0.352. The van der Waals surface area contributed by atoms with Gasteiger partial charge in [-0.3, -0.25) is 0 Å². The number of hydrogen-bond donors (Lipinski definition) is 1. The largest absolute Gasteiger partial charge is 0.465 e. The summed E-state index contributed by atoms with van der Waals surface area (Å²) in [6, 6.07) is 12.4. The quantitative estimate of drug-likeness (QED) is 0.851. The van der Waals surface area contributed by atoms with Crippen molar-refractivity contribution in [3.63, 3.8) is 0 Å². The van der Waals surface area contributed by atoms with Gasteiger partial charge in [-0.15, -0.1) is 0 Å². The number of anilines is 1. The van der Waals surface area contributed by atoms with Gasteiger partial charge < -0.3 is 10.1 Å². The van der Waals surface area contributed by atoms with Gasteiger partial charge in [0.2, 0.25) is 0 Å². The summed E-state index contributed by atoms with van der Waals surface area (Å²) in [7, 11) is 1.36. The Morgan fingerprint density at radius 3 is 2.50 bits per heavy atom. The molecule has 0 bridgehead atoms. The third-order valence-corrected chi connectivity index (χ3v) is 3.40. The van der Waals surface area contributed by atoms with Crippen molar-refractivity contribution in [3.05, 3.63) is 63.6 Å². The number of carbonyl (C=O) groups excluding carboxylic acids is 1. The molecule has 0 spiro atoms. The van der Waals surface area contributed by atoms with Crippen LogP contribution in [-0.2, 0) is 11.3 Å². The highest BCUT2D eigenvalue weighted by Gasteiger charge is 2.05. The van der Waals surface area contributed by atoms with E-state index in [0.717, 1.165) is 11.3 Å². The van der Waals surface area contributed by atoms with E-state index in [2.05, 4.69) is 10.1 Å². The van der Waals surface area contributed by atoms with E-state index in [0.29, 0.717) is 22.2 Å². The van der Waals surface area contributed by atoms with E-state index in [4.69, 9.17) is 23.2 Å². The van der Waals surface area contributed by atoms with Crippen LogP contribution in [0.1, 0.15) is 15.9 Å². The summed E-state index contributed by atoms with van der Waals surface area (Å²) >= 11 is 12.0. The maximum absolute atomic E-state index is 11.3. The predicted molar refractivity (Wildman–Crippen MR) is 81.6 cm³/mol. The Kier molecular flexibility index (Phi) is 4.88.